The van der Waals surface area contributed by atoms with Crippen LogP contribution in [0.15, 0.2) is 29.9 Å². The molecule has 0 unspecified atom stereocenters. The van der Waals surface area contributed by atoms with E-state index < -0.39 is 0 Å². The number of methoxy groups -OCH3 is 1. The summed E-state index contributed by atoms with van der Waals surface area (Å²) in [7, 11) is 1.54. The lowest BCUT2D eigenvalue weighted by atomic mass is 10.1. The topological polar surface area (TPSA) is 55.0 Å². The number of fused-ring (bicyclic) bond motifs is 1. The SMILES string of the molecule is COc1ccsc1C(=O)c1c[nH]c2nccc(Cl)c12. The highest BCUT2D eigenvalue weighted by Crippen LogP contribution is 2.31. The third-order valence-corrected chi connectivity index (χ3v) is 4.03. The van der Waals surface area contributed by atoms with E-state index in [1.165, 1.54) is 11.3 Å². The number of carbonyl (C=O) groups excluding carboxylic acids is 1. The fourth-order valence-electron chi connectivity index (χ4n) is 1.94. The monoisotopic (exact) mass is 292 g/mol. The molecule has 0 aliphatic rings. The van der Waals surface area contributed by atoms with Crippen molar-refractivity contribution in [3.05, 3.63) is 45.4 Å². The standard InChI is InChI=1S/C13H9ClN2O2S/c1-18-9-3-5-19-12(9)11(17)7-6-16-13-10(7)8(14)2-4-15-13/h2-6H,1H3,(H,15,16). The van der Waals surface area contributed by atoms with Crippen molar-refractivity contribution in [3.63, 3.8) is 0 Å². The number of nitrogens with zero attached hydrogens (tertiary/aromatic N) is 1. The third-order valence-electron chi connectivity index (χ3n) is 2.82. The van der Waals surface area contributed by atoms with E-state index in [4.69, 9.17) is 16.3 Å². The number of H-pyrrole nitrogens is 1. The highest BCUT2D eigenvalue weighted by molar-refractivity contribution is 7.12. The predicted octanol–water partition coefficient (Wildman–Crippen LogP) is 3.52. The van der Waals surface area contributed by atoms with Crippen molar-refractivity contribution in [2.24, 2.45) is 0 Å². The van der Waals surface area contributed by atoms with Gasteiger partial charge in [0.2, 0.25) is 5.78 Å². The molecule has 3 rings (SSSR count). The molecule has 0 aliphatic heterocycles. The van der Waals surface area contributed by atoms with Gasteiger partial charge < -0.3 is 9.72 Å². The summed E-state index contributed by atoms with van der Waals surface area (Å²) in [6.07, 6.45) is 3.23. The minimum Gasteiger partial charge on any atom is -0.495 e. The Bertz CT molecular complexity index is 763. The summed E-state index contributed by atoms with van der Waals surface area (Å²) in [5.41, 5.74) is 1.11. The zero-order chi connectivity index (χ0) is 13.4. The van der Waals surface area contributed by atoms with Gasteiger partial charge in [0, 0.05) is 17.8 Å². The van der Waals surface area contributed by atoms with E-state index in [0.717, 1.165) is 0 Å². The van der Waals surface area contributed by atoms with E-state index in [9.17, 15) is 4.79 Å². The smallest absolute Gasteiger partial charge is 0.208 e. The van der Waals surface area contributed by atoms with Crippen LogP contribution < -0.4 is 4.74 Å². The Hall–Kier alpha value is -1.85. The molecule has 1 N–H and O–H groups in total. The van der Waals surface area contributed by atoms with E-state index in [1.807, 2.05) is 5.38 Å². The Morgan fingerprint density at radius 2 is 2.32 bits per heavy atom. The number of aromatic nitrogens is 2. The van der Waals surface area contributed by atoms with E-state index >= 15 is 0 Å². The molecule has 0 aromatic carbocycles. The Labute approximate surface area is 118 Å². The van der Waals surface area contributed by atoms with E-state index in [0.29, 0.717) is 32.2 Å². The van der Waals surface area contributed by atoms with Gasteiger partial charge in [0.1, 0.15) is 16.3 Å². The number of hydrogen-bond acceptors (Lipinski definition) is 4. The lowest BCUT2D eigenvalue weighted by Gasteiger charge is -2.01. The first-order valence-corrected chi connectivity index (χ1v) is 6.76. The summed E-state index contributed by atoms with van der Waals surface area (Å²) < 4.78 is 5.18. The molecule has 96 valence electrons. The maximum atomic E-state index is 12.5. The number of carbonyl (C=O) groups is 1. The number of pyridine rings is 1. The van der Waals surface area contributed by atoms with Crippen LogP contribution in [-0.4, -0.2) is 22.9 Å². The molecule has 0 saturated carbocycles. The van der Waals surface area contributed by atoms with Crippen LogP contribution in [0, 0.1) is 0 Å². The van der Waals surface area contributed by atoms with Crippen LogP contribution in [0.1, 0.15) is 15.2 Å². The van der Waals surface area contributed by atoms with Crippen LogP contribution in [0.25, 0.3) is 11.0 Å². The van der Waals surface area contributed by atoms with Gasteiger partial charge in [0.15, 0.2) is 0 Å². The molecule has 3 aromatic heterocycles. The maximum Gasteiger partial charge on any atom is 0.208 e. The molecule has 4 nitrogen and oxygen atoms in total. The van der Waals surface area contributed by atoms with E-state index in [-0.39, 0.29) is 5.78 Å². The molecule has 3 aromatic rings. The average Bonchev–Trinajstić information content (AvgIpc) is 3.05. The molecule has 3 heterocycles. The Balaban J connectivity index is 2.17. The van der Waals surface area contributed by atoms with Gasteiger partial charge >= 0.3 is 0 Å². The molecule has 0 spiro atoms. The van der Waals surface area contributed by atoms with Gasteiger partial charge in [0.05, 0.1) is 17.7 Å². The lowest BCUT2D eigenvalue weighted by molar-refractivity contribution is 0.104. The minimum atomic E-state index is -0.118. The van der Waals surface area contributed by atoms with Gasteiger partial charge in [-0.25, -0.2) is 4.98 Å². The number of ether oxygens (including phenoxy) is 1. The largest absolute Gasteiger partial charge is 0.495 e. The second-order valence-corrected chi connectivity index (χ2v) is 5.19. The molecular formula is C13H9ClN2O2S. The van der Waals surface area contributed by atoms with Crippen molar-refractivity contribution < 1.29 is 9.53 Å². The normalized spacial score (nSPS) is 10.8. The van der Waals surface area contributed by atoms with Gasteiger partial charge in [-0.15, -0.1) is 11.3 Å². The van der Waals surface area contributed by atoms with E-state index in [2.05, 4.69) is 9.97 Å². The van der Waals surface area contributed by atoms with Crippen LogP contribution >= 0.6 is 22.9 Å². The highest BCUT2D eigenvalue weighted by Gasteiger charge is 2.21. The minimum absolute atomic E-state index is 0.118. The molecular weight excluding hydrogens is 284 g/mol. The van der Waals surface area contributed by atoms with Crippen molar-refractivity contribution in [3.8, 4) is 5.75 Å². The van der Waals surface area contributed by atoms with Crippen molar-refractivity contribution in [2.45, 2.75) is 0 Å². The van der Waals surface area contributed by atoms with Crippen LogP contribution in [0.5, 0.6) is 5.75 Å². The van der Waals surface area contributed by atoms with Crippen LogP contribution in [0.3, 0.4) is 0 Å². The van der Waals surface area contributed by atoms with E-state index in [1.54, 1.807) is 31.6 Å². The number of ketones is 1. The van der Waals surface area contributed by atoms with Gasteiger partial charge in [-0.3, -0.25) is 4.79 Å². The van der Waals surface area contributed by atoms with Gasteiger partial charge in [-0.2, -0.15) is 0 Å². The van der Waals surface area contributed by atoms with Crippen LogP contribution in [-0.2, 0) is 0 Å². The molecule has 0 bridgehead atoms. The van der Waals surface area contributed by atoms with Crippen LogP contribution in [0.4, 0.5) is 0 Å². The highest BCUT2D eigenvalue weighted by atomic mass is 35.5. The summed E-state index contributed by atoms with van der Waals surface area (Å²) >= 11 is 7.49. The molecule has 19 heavy (non-hydrogen) atoms. The summed E-state index contributed by atoms with van der Waals surface area (Å²) in [4.78, 5) is 20.2. The first kappa shape index (κ1) is 12.2. The quantitative estimate of drug-likeness (QED) is 0.752. The predicted molar refractivity (Wildman–Crippen MR) is 75.4 cm³/mol. The molecule has 0 fully saturated rings. The molecule has 0 aliphatic carbocycles. The van der Waals surface area contributed by atoms with Crippen molar-refractivity contribution >= 4 is 39.8 Å². The number of hydrogen-bond donors (Lipinski definition) is 1. The molecule has 0 amide bonds. The fraction of sp³-hybridized carbons (Fsp3) is 0.0769. The number of nitrogens with one attached hydrogen (secondary N) is 1. The molecule has 6 heteroatoms. The lowest BCUT2D eigenvalue weighted by Crippen LogP contribution is -2.00. The summed E-state index contributed by atoms with van der Waals surface area (Å²) in [5.74, 6) is 0.456. The zero-order valence-corrected chi connectivity index (χ0v) is 11.5. The fourth-order valence-corrected chi connectivity index (χ4v) is 3.00. The second kappa shape index (κ2) is 4.68. The van der Waals surface area contributed by atoms with Crippen LogP contribution in [0.2, 0.25) is 5.02 Å². The zero-order valence-electron chi connectivity index (χ0n) is 9.94. The molecule has 0 atom stereocenters. The van der Waals surface area contributed by atoms with Gasteiger partial charge in [-0.05, 0) is 17.5 Å². The van der Waals surface area contributed by atoms with Crippen molar-refractivity contribution in [1.29, 1.82) is 0 Å². The first-order chi connectivity index (χ1) is 9.22. The maximum absolute atomic E-state index is 12.5. The van der Waals surface area contributed by atoms with Crippen molar-refractivity contribution in [2.75, 3.05) is 7.11 Å². The first-order valence-electron chi connectivity index (χ1n) is 5.50. The molecule has 0 radical (unpaired) electrons. The number of halogens is 1. The molecule has 0 saturated heterocycles. The number of thiophene rings is 1. The number of rotatable bonds is 3. The third kappa shape index (κ3) is 1.91. The number of aromatic amines is 1. The Kier molecular flexibility index (Phi) is 3.00. The Morgan fingerprint density at radius 1 is 1.47 bits per heavy atom. The summed E-state index contributed by atoms with van der Waals surface area (Å²) in [6, 6.07) is 3.44. The average molecular weight is 293 g/mol. The van der Waals surface area contributed by atoms with Gasteiger partial charge in [-0.1, -0.05) is 11.6 Å². The summed E-state index contributed by atoms with van der Waals surface area (Å²) in [5, 5.41) is 2.97. The second-order valence-electron chi connectivity index (χ2n) is 3.87. The van der Waals surface area contributed by atoms with Gasteiger partial charge in [0.25, 0.3) is 0 Å². The Morgan fingerprint density at radius 3 is 3.11 bits per heavy atom. The van der Waals surface area contributed by atoms with Crippen molar-refractivity contribution in [1.82, 2.24) is 9.97 Å². The summed E-state index contributed by atoms with van der Waals surface area (Å²) in [6.45, 7) is 0.